The normalized spacial score (nSPS) is 10.3. The van der Waals surface area contributed by atoms with Crippen molar-refractivity contribution in [2.75, 3.05) is 19.6 Å². The zero-order valence-electron chi connectivity index (χ0n) is 9.93. The van der Waals surface area contributed by atoms with Gasteiger partial charge in [-0.1, -0.05) is 12.1 Å². The Morgan fingerprint density at radius 3 is 3.06 bits per heavy atom. The summed E-state index contributed by atoms with van der Waals surface area (Å²) in [4.78, 5) is 4.31. The Hall–Kier alpha value is -1.33. The van der Waals surface area contributed by atoms with Crippen molar-refractivity contribution in [2.45, 2.75) is 6.42 Å². The molecule has 4 nitrogen and oxygen atoms in total. The fraction of sp³-hybridized carbons (Fsp3) is 0.333. The van der Waals surface area contributed by atoms with Crippen molar-refractivity contribution in [3.05, 3.63) is 24.3 Å². The molecular formula is C12H13ClN2O2S. The second-order valence-electron chi connectivity index (χ2n) is 3.51. The van der Waals surface area contributed by atoms with E-state index in [-0.39, 0.29) is 0 Å². The number of benzene rings is 1. The van der Waals surface area contributed by atoms with E-state index >= 15 is 0 Å². The molecule has 0 radical (unpaired) electrons. The highest BCUT2D eigenvalue weighted by molar-refractivity contribution is 7.09. The van der Waals surface area contributed by atoms with Crippen LogP contribution in [0.2, 0.25) is 0 Å². The van der Waals surface area contributed by atoms with Gasteiger partial charge in [0.2, 0.25) is 0 Å². The van der Waals surface area contributed by atoms with Gasteiger partial charge in [0.1, 0.15) is 10.8 Å². The third kappa shape index (κ3) is 3.34. The molecule has 0 amide bonds. The number of halogens is 1. The molecule has 0 saturated carbocycles. The largest absolute Gasteiger partial charge is 0.497 e. The van der Waals surface area contributed by atoms with Crippen molar-refractivity contribution in [1.82, 2.24) is 9.36 Å². The number of methoxy groups -OCH3 is 1. The van der Waals surface area contributed by atoms with Crippen LogP contribution in [0.1, 0.15) is 6.42 Å². The average Bonchev–Trinajstić information content (AvgIpc) is 2.88. The Morgan fingerprint density at radius 2 is 2.28 bits per heavy atom. The minimum absolute atomic E-state index is 0.405. The highest BCUT2D eigenvalue weighted by Crippen LogP contribution is 2.26. The first-order valence-corrected chi connectivity index (χ1v) is 6.81. The summed E-state index contributed by atoms with van der Waals surface area (Å²) < 4.78 is 14.7. The zero-order valence-corrected chi connectivity index (χ0v) is 11.5. The van der Waals surface area contributed by atoms with Gasteiger partial charge in [0, 0.05) is 11.4 Å². The highest BCUT2D eigenvalue weighted by Gasteiger charge is 2.08. The van der Waals surface area contributed by atoms with Gasteiger partial charge in [-0.15, -0.1) is 16.0 Å². The topological polar surface area (TPSA) is 44.2 Å². The van der Waals surface area contributed by atoms with E-state index in [4.69, 9.17) is 21.1 Å². The molecule has 0 aliphatic heterocycles. The molecule has 0 spiro atoms. The molecule has 0 N–H and O–H groups in total. The average molecular weight is 285 g/mol. The molecule has 2 aromatic rings. The maximum atomic E-state index is 5.57. The first-order chi connectivity index (χ1) is 8.83. The number of nitrogens with zero attached hydrogens (tertiary/aromatic N) is 2. The van der Waals surface area contributed by atoms with Gasteiger partial charge >= 0.3 is 6.01 Å². The Balaban J connectivity index is 2.08. The molecule has 0 aliphatic carbocycles. The minimum atomic E-state index is 0.405. The van der Waals surface area contributed by atoms with Crippen LogP contribution in [-0.2, 0) is 0 Å². The van der Waals surface area contributed by atoms with E-state index < -0.39 is 0 Å². The van der Waals surface area contributed by atoms with Gasteiger partial charge in [-0.2, -0.15) is 4.98 Å². The Labute approximate surface area is 115 Å². The monoisotopic (exact) mass is 284 g/mol. The summed E-state index contributed by atoms with van der Waals surface area (Å²) in [6.07, 6.45) is 0.787. The number of hydrogen-bond acceptors (Lipinski definition) is 5. The van der Waals surface area contributed by atoms with Gasteiger partial charge in [-0.3, -0.25) is 0 Å². The lowest BCUT2D eigenvalue weighted by Crippen LogP contribution is -1.98. The number of rotatable bonds is 6. The SMILES string of the molecule is COc1cccc(-c2nc(OCCCCl)ns2)c1. The van der Waals surface area contributed by atoms with E-state index in [1.54, 1.807) is 7.11 Å². The predicted octanol–water partition coefficient (Wildman–Crippen LogP) is 3.22. The van der Waals surface area contributed by atoms with Gasteiger partial charge in [0.15, 0.2) is 0 Å². The maximum Gasteiger partial charge on any atom is 0.328 e. The summed E-state index contributed by atoms with van der Waals surface area (Å²) >= 11 is 6.88. The molecule has 0 unspecified atom stereocenters. The minimum Gasteiger partial charge on any atom is -0.497 e. The second-order valence-corrected chi connectivity index (χ2v) is 4.63. The van der Waals surface area contributed by atoms with Crippen molar-refractivity contribution in [3.8, 4) is 22.3 Å². The molecule has 96 valence electrons. The molecule has 0 saturated heterocycles. The van der Waals surface area contributed by atoms with E-state index in [0.29, 0.717) is 18.5 Å². The maximum absolute atomic E-state index is 5.57. The van der Waals surface area contributed by atoms with Crippen LogP contribution in [0.4, 0.5) is 0 Å². The first-order valence-electron chi connectivity index (χ1n) is 5.50. The molecule has 0 bridgehead atoms. The van der Waals surface area contributed by atoms with Crippen LogP contribution in [0.15, 0.2) is 24.3 Å². The second kappa shape index (κ2) is 6.56. The van der Waals surface area contributed by atoms with Crippen LogP contribution in [0.25, 0.3) is 10.6 Å². The van der Waals surface area contributed by atoms with E-state index in [0.717, 1.165) is 22.7 Å². The van der Waals surface area contributed by atoms with Gasteiger partial charge in [0.05, 0.1) is 13.7 Å². The van der Waals surface area contributed by atoms with Crippen molar-refractivity contribution in [3.63, 3.8) is 0 Å². The molecule has 1 heterocycles. The Kier molecular flexibility index (Phi) is 4.78. The zero-order chi connectivity index (χ0) is 12.8. The molecule has 6 heteroatoms. The molecule has 1 aromatic heterocycles. The van der Waals surface area contributed by atoms with Gasteiger partial charge in [0.25, 0.3) is 0 Å². The third-order valence-electron chi connectivity index (χ3n) is 2.23. The van der Waals surface area contributed by atoms with Crippen LogP contribution >= 0.6 is 23.1 Å². The standard InChI is InChI=1S/C12H13ClN2O2S/c1-16-10-5-2-4-9(8-10)11-14-12(15-18-11)17-7-3-6-13/h2,4-5,8H,3,6-7H2,1H3. The fourth-order valence-electron chi connectivity index (χ4n) is 1.36. The van der Waals surface area contributed by atoms with Crippen LogP contribution in [-0.4, -0.2) is 29.0 Å². The van der Waals surface area contributed by atoms with E-state index in [1.807, 2.05) is 24.3 Å². The van der Waals surface area contributed by atoms with E-state index in [2.05, 4.69) is 9.36 Å². The van der Waals surface area contributed by atoms with Crippen molar-refractivity contribution < 1.29 is 9.47 Å². The van der Waals surface area contributed by atoms with Gasteiger partial charge in [-0.05, 0) is 30.1 Å². The van der Waals surface area contributed by atoms with Crippen LogP contribution in [0.5, 0.6) is 11.8 Å². The Morgan fingerprint density at radius 1 is 1.39 bits per heavy atom. The number of alkyl halides is 1. The van der Waals surface area contributed by atoms with Crippen molar-refractivity contribution in [2.24, 2.45) is 0 Å². The smallest absolute Gasteiger partial charge is 0.328 e. The summed E-state index contributed by atoms with van der Waals surface area (Å²) in [6, 6.07) is 8.10. The number of aromatic nitrogens is 2. The lowest BCUT2D eigenvalue weighted by molar-refractivity contribution is 0.297. The molecule has 0 aliphatic rings. The van der Waals surface area contributed by atoms with E-state index in [9.17, 15) is 0 Å². The lowest BCUT2D eigenvalue weighted by Gasteiger charge is -2.00. The number of ether oxygens (including phenoxy) is 2. The van der Waals surface area contributed by atoms with E-state index in [1.165, 1.54) is 11.5 Å². The summed E-state index contributed by atoms with van der Waals surface area (Å²) in [5, 5.41) is 0.815. The molecule has 0 atom stereocenters. The molecule has 2 rings (SSSR count). The molecule has 1 aromatic carbocycles. The lowest BCUT2D eigenvalue weighted by atomic mass is 10.2. The van der Waals surface area contributed by atoms with Crippen molar-refractivity contribution in [1.29, 1.82) is 0 Å². The van der Waals surface area contributed by atoms with Crippen molar-refractivity contribution >= 4 is 23.1 Å². The van der Waals surface area contributed by atoms with Gasteiger partial charge in [-0.25, -0.2) is 0 Å². The van der Waals surface area contributed by atoms with Crippen LogP contribution in [0, 0.1) is 0 Å². The summed E-state index contributed by atoms with van der Waals surface area (Å²) in [5.41, 5.74) is 0.971. The first kappa shape index (κ1) is 13.1. The molecule has 0 fully saturated rings. The van der Waals surface area contributed by atoms with Gasteiger partial charge < -0.3 is 9.47 Å². The fourth-order valence-corrected chi connectivity index (χ4v) is 2.08. The predicted molar refractivity (Wildman–Crippen MR) is 72.7 cm³/mol. The molecule has 18 heavy (non-hydrogen) atoms. The summed E-state index contributed by atoms with van der Waals surface area (Å²) in [5.74, 6) is 1.37. The third-order valence-corrected chi connectivity index (χ3v) is 3.25. The number of hydrogen-bond donors (Lipinski definition) is 0. The summed E-state index contributed by atoms with van der Waals surface area (Å²) in [6.45, 7) is 0.539. The van der Waals surface area contributed by atoms with Crippen LogP contribution in [0.3, 0.4) is 0 Å². The molecular weight excluding hydrogens is 272 g/mol. The Bertz CT molecular complexity index is 504. The highest BCUT2D eigenvalue weighted by atomic mass is 35.5. The van der Waals surface area contributed by atoms with Crippen LogP contribution < -0.4 is 9.47 Å². The summed E-state index contributed by atoms with van der Waals surface area (Å²) in [7, 11) is 1.64. The quantitative estimate of drug-likeness (QED) is 0.603.